The van der Waals surface area contributed by atoms with Gasteiger partial charge in [-0.3, -0.25) is 18.3 Å². The van der Waals surface area contributed by atoms with E-state index < -0.39 is 31.3 Å². The molecule has 0 aliphatic rings. The fourth-order valence-electron chi connectivity index (χ4n) is 9.03. The predicted octanol–water partition coefficient (Wildman–Crippen LogP) is 20.3. The summed E-state index contributed by atoms with van der Waals surface area (Å²) in [6, 6.07) is 0. The van der Waals surface area contributed by atoms with Crippen molar-refractivity contribution in [2.75, 3.05) is 26.4 Å². The van der Waals surface area contributed by atoms with E-state index in [2.05, 4.69) is 83.1 Å². The van der Waals surface area contributed by atoms with Gasteiger partial charge in [0.1, 0.15) is 0 Å². The van der Waals surface area contributed by atoms with E-state index in [0.29, 0.717) is 23.7 Å². The van der Waals surface area contributed by atoms with Crippen molar-refractivity contribution in [2.24, 2.45) is 23.7 Å². The largest absolute Gasteiger partial charge is 4.00 e. The van der Waals surface area contributed by atoms with Gasteiger partial charge in [0, 0.05) is 0 Å². The van der Waals surface area contributed by atoms with Crippen LogP contribution in [0.1, 0.15) is 342 Å². The second kappa shape index (κ2) is 63.9. The smallest absolute Gasteiger partial charge is 0.756 e. The molecule has 0 aliphatic heterocycles. The van der Waals surface area contributed by atoms with Crippen molar-refractivity contribution in [3.05, 3.63) is 0 Å². The zero-order chi connectivity index (χ0) is 64.6. The molecule has 21 heteroatoms. The second-order valence-electron chi connectivity index (χ2n) is 23.7. The first kappa shape index (κ1) is 94.8. The number of phosphoric ester groups is 4. The Morgan fingerprint density at radius 3 is 0.565 bits per heavy atom. The van der Waals surface area contributed by atoms with Crippen LogP contribution in [0.4, 0.5) is 0 Å². The van der Waals surface area contributed by atoms with Gasteiger partial charge in [-0.15, -0.1) is 0 Å². The first-order valence-electron chi connectivity index (χ1n) is 34.3. The van der Waals surface area contributed by atoms with Crippen molar-refractivity contribution < 1.29 is 95.1 Å². The van der Waals surface area contributed by atoms with E-state index in [1.165, 1.54) is 51.4 Å². The molecule has 0 fully saturated rings. The average Bonchev–Trinajstić information content (AvgIpc) is 3.46. The van der Waals surface area contributed by atoms with Crippen molar-refractivity contribution >= 4 is 31.3 Å². The Morgan fingerprint density at radius 1 is 0.259 bits per heavy atom. The van der Waals surface area contributed by atoms with Crippen molar-refractivity contribution in [3.8, 4) is 0 Å². The van der Waals surface area contributed by atoms with Crippen molar-refractivity contribution in [1.82, 2.24) is 0 Å². The molecule has 0 N–H and O–H groups in total. The van der Waals surface area contributed by atoms with Gasteiger partial charge in [-0.1, -0.05) is 263 Å². The number of unbranched alkanes of at least 4 members (excludes halogenated alkanes) is 16. The third kappa shape index (κ3) is 67.8. The summed E-state index contributed by atoms with van der Waals surface area (Å²) >= 11 is 0. The molecule has 0 amide bonds. The van der Waals surface area contributed by atoms with E-state index in [-0.39, 0.29) is 71.9 Å². The van der Waals surface area contributed by atoms with Crippen LogP contribution in [0.2, 0.25) is 0 Å². The van der Waals surface area contributed by atoms with E-state index in [9.17, 15) is 37.8 Å². The average molecular weight is 1380 g/mol. The molecular formula is C64H136MoO16P4. The maximum absolute atomic E-state index is 11.8. The predicted molar refractivity (Wildman–Crippen MR) is 345 cm³/mol. The topological polar surface area (TPSA) is 234 Å². The van der Waals surface area contributed by atoms with Crippen LogP contribution < -0.4 is 19.6 Å². The SMILES string of the molecule is CCCCCCC(C)OP(=O)([O-])OCC(CC)CCCC.CCCCCCC(C)OP(=O)([O-])OCC(CC)CCCC.CCCCCCC(C)OP(=O)([O-])OCC(CC)CCCC.CCCCCCC(C)OP(=O)([O-])OCC(CC)CCCC.[Mo+4]. The van der Waals surface area contributed by atoms with Gasteiger partial charge in [-0.2, -0.15) is 0 Å². The minimum Gasteiger partial charge on any atom is -0.756 e. The molecule has 12 unspecified atom stereocenters. The molecule has 12 atom stereocenters. The first-order chi connectivity index (χ1) is 39.8. The Hall–Kier alpha value is 1.13. The Bertz CT molecular complexity index is 1370. The summed E-state index contributed by atoms with van der Waals surface area (Å²) in [5.74, 6) is 1.21. The molecule has 0 rings (SSSR count). The van der Waals surface area contributed by atoms with Gasteiger partial charge in [-0.05, 0) is 103 Å². The van der Waals surface area contributed by atoms with Gasteiger partial charge in [0.2, 0.25) is 0 Å². The van der Waals surface area contributed by atoms with Crippen LogP contribution in [0.3, 0.4) is 0 Å². The quantitative estimate of drug-likeness (QED) is 0.0313. The molecule has 0 aromatic rings. The summed E-state index contributed by atoms with van der Waals surface area (Å²) in [5.41, 5.74) is 0. The molecule has 0 radical (unpaired) electrons. The fraction of sp³-hybridized carbons (Fsp3) is 1.00. The summed E-state index contributed by atoms with van der Waals surface area (Å²) in [7, 11) is -16.6. The molecule has 0 aliphatic carbocycles. The van der Waals surface area contributed by atoms with Crippen molar-refractivity contribution in [3.63, 3.8) is 0 Å². The molecule has 0 aromatic heterocycles. The van der Waals surface area contributed by atoms with Crippen LogP contribution in [-0.4, -0.2) is 50.8 Å². The maximum atomic E-state index is 11.8. The van der Waals surface area contributed by atoms with Crippen molar-refractivity contribution in [2.45, 2.75) is 366 Å². The molecule has 85 heavy (non-hydrogen) atoms. The number of hydrogen-bond donors (Lipinski definition) is 0. The van der Waals surface area contributed by atoms with Crippen LogP contribution in [0.25, 0.3) is 0 Å². The number of phosphoric acid groups is 4. The van der Waals surface area contributed by atoms with Gasteiger partial charge in [0.25, 0.3) is 31.3 Å². The Kier molecular flexibility index (Phi) is 71.3. The molecule has 0 bridgehead atoms. The Morgan fingerprint density at radius 2 is 0.424 bits per heavy atom. The van der Waals surface area contributed by atoms with Crippen LogP contribution in [0.5, 0.6) is 0 Å². The molecule has 0 spiro atoms. The molecule has 0 heterocycles. The van der Waals surface area contributed by atoms with Crippen LogP contribution in [-0.2, 0) is 75.5 Å². The van der Waals surface area contributed by atoms with Gasteiger partial charge in [0.05, 0.1) is 50.8 Å². The minimum atomic E-state index is -4.15. The van der Waals surface area contributed by atoms with E-state index in [1.807, 2.05) is 0 Å². The van der Waals surface area contributed by atoms with Crippen molar-refractivity contribution in [1.29, 1.82) is 0 Å². The minimum absolute atomic E-state index is 0. The van der Waals surface area contributed by atoms with Gasteiger partial charge in [0.15, 0.2) is 0 Å². The van der Waals surface area contributed by atoms with Crippen LogP contribution in [0.15, 0.2) is 0 Å². The summed E-state index contributed by atoms with van der Waals surface area (Å²) in [6.45, 7) is 33.6. The molecule has 16 nitrogen and oxygen atoms in total. The molecular weight excluding hydrogens is 1240 g/mol. The van der Waals surface area contributed by atoms with E-state index in [0.717, 1.165) is 180 Å². The van der Waals surface area contributed by atoms with Crippen LogP contribution in [0, 0.1) is 23.7 Å². The van der Waals surface area contributed by atoms with Gasteiger partial charge < -0.3 is 55.8 Å². The number of rotatable bonds is 56. The van der Waals surface area contributed by atoms with E-state index >= 15 is 0 Å². The van der Waals surface area contributed by atoms with Crippen LogP contribution >= 0.6 is 31.3 Å². The van der Waals surface area contributed by atoms with Gasteiger partial charge in [-0.25, -0.2) is 0 Å². The third-order valence-electron chi connectivity index (χ3n) is 15.1. The molecule has 514 valence electrons. The Labute approximate surface area is 539 Å². The zero-order valence-electron chi connectivity index (χ0n) is 57.6. The number of hydrogen-bond acceptors (Lipinski definition) is 16. The zero-order valence-corrected chi connectivity index (χ0v) is 63.2. The second-order valence-corrected chi connectivity index (χ2v) is 29.2. The van der Waals surface area contributed by atoms with Gasteiger partial charge >= 0.3 is 21.1 Å². The summed E-state index contributed by atoms with van der Waals surface area (Å²) in [5, 5.41) is 0. The normalized spacial score (nSPS) is 17.2. The fourth-order valence-corrected chi connectivity index (χ4v) is 13.0. The third-order valence-corrected chi connectivity index (χ3v) is 19.5. The summed E-state index contributed by atoms with van der Waals surface area (Å²) < 4.78 is 87.8. The first-order valence-corrected chi connectivity index (χ1v) is 40.2. The molecule has 0 saturated heterocycles. The van der Waals surface area contributed by atoms with E-state index in [1.54, 1.807) is 27.7 Å². The summed E-state index contributed by atoms with van der Waals surface area (Å²) in [6.07, 6.45) is 36.6. The molecule has 0 saturated carbocycles. The monoisotopic (exact) mass is 1380 g/mol. The molecule has 0 aromatic carbocycles. The standard InChI is InChI=1S/4C16H35O4P.Mo/c4*1-5-8-10-11-12-15(4)20-21(17,18)19-14-16(7-3)13-9-6-2;/h4*15-16H,5-14H2,1-4H3,(H,17,18);/q;;;;+4/p-4. The van der Waals surface area contributed by atoms with E-state index in [4.69, 9.17) is 36.2 Å². The Balaban J connectivity index is -0.000000333. The maximum Gasteiger partial charge on any atom is 4.00 e. The summed E-state index contributed by atoms with van der Waals surface area (Å²) in [4.78, 5) is 47.2.